The molecule has 0 aromatic heterocycles. The zero-order valence-electron chi connectivity index (χ0n) is 20.2. The predicted molar refractivity (Wildman–Crippen MR) is 143 cm³/mol. The van der Waals surface area contributed by atoms with Crippen molar-refractivity contribution in [2.45, 2.75) is 45.2 Å². The number of benzene rings is 3. The summed E-state index contributed by atoms with van der Waals surface area (Å²) < 4.78 is 5.21. The molecule has 3 rings (SSSR count). The molecule has 1 amide bonds. The molecule has 0 spiro atoms. The number of para-hydroxylation sites is 1. The summed E-state index contributed by atoms with van der Waals surface area (Å²) in [4.78, 5) is 12.5. The van der Waals surface area contributed by atoms with Crippen LogP contribution in [0.5, 0.6) is 0 Å². The van der Waals surface area contributed by atoms with Crippen molar-refractivity contribution in [2.24, 2.45) is 0 Å². The molecular formula is C28H33N3O2S. The van der Waals surface area contributed by atoms with E-state index in [0.717, 1.165) is 16.8 Å². The molecule has 3 aromatic rings. The summed E-state index contributed by atoms with van der Waals surface area (Å²) in [5, 5.41) is 10.3. The van der Waals surface area contributed by atoms with Crippen molar-refractivity contribution in [2.75, 3.05) is 11.9 Å². The van der Waals surface area contributed by atoms with Crippen LogP contribution < -0.4 is 16.0 Å². The molecule has 2 atom stereocenters. The van der Waals surface area contributed by atoms with Gasteiger partial charge in [-0.2, -0.15) is 0 Å². The van der Waals surface area contributed by atoms with Crippen LogP contribution in [0.1, 0.15) is 56.5 Å². The van der Waals surface area contributed by atoms with Gasteiger partial charge in [0.25, 0.3) is 0 Å². The molecule has 0 bridgehead atoms. The third kappa shape index (κ3) is 6.81. The molecule has 0 saturated carbocycles. The highest BCUT2D eigenvalue weighted by atomic mass is 32.1. The Morgan fingerprint density at radius 1 is 0.824 bits per heavy atom. The first-order chi connectivity index (χ1) is 16.3. The zero-order valence-corrected chi connectivity index (χ0v) is 21.0. The number of carbonyl (C=O) groups is 1. The molecule has 6 heteroatoms. The lowest BCUT2D eigenvalue weighted by Gasteiger charge is -2.31. The second-order valence-corrected chi connectivity index (χ2v) is 9.44. The minimum atomic E-state index is -0.476. The summed E-state index contributed by atoms with van der Waals surface area (Å²) >= 11 is 5.76. The maximum Gasteiger partial charge on any atom is 0.407 e. The van der Waals surface area contributed by atoms with Crippen molar-refractivity contribution in [1.29, 1.82) is 0 Å². The minimum absolute atomic E-state index is 0.0456. The number of hydrogen-bond acceptors (Lipinski definition) is 3. The van der Waals surface area contributed by atoms with Crippen LogP contribution in [-0.2, 0) is 10.2 Å². The van der Waals surface area contributed by atoms with Crippen LogP contribution in [0, 0.1) is 0 Å². The van der Waals surface area contributed by atoms with Gasteiger partial charge < -0.3 is 20.7 Å². The number of nitrogens with one attached hydrogen (secondary N) is 3. The van der Waals surface area contributed by atoms with E-state index >= 15 is 0 Å². The highest BCUT2D eigenvalue weighted by molar-refractivity contribution is 7.80. The van der Waals surface area contributed by atoms with Gasteiger partial charge in [-0.15, -0.1) is 0 Å². The topological polar surface area (TPSA) is 62.4 Å². The summed E-state index contributed by atoms with van der Waals surface area (Å²) in [6.45, 7) is 8.60. The van der Waals surface area contributed by atoms with Gasteiger partial charge in [0.15, 0.2) is 5.11 Å². The van der Waals surface area contributed by atoms with Gasteiger partial charge in [0.2, 0.25) is 0 Å². The molecule has 0 unspecified atom stereocenters. The third-order valence-electron chi connectivity index (χ3n) is 5.47. The smallest absolute Gasteiger partial charge is 0.407 e. The molecular weight excluding hydrogens is 442 g/mol. The number of thiocarbonyl (C=S) groups is 1. The molecule has 0 aliphatic heterocycles. The van der Waals surface area contributed by atoms with Crippen molar-refractivity contribution in [3.63, 3.8) is 0 Å². The highest BCUT2D eigenvalue weighted by Crippen LogP contribution is 2.31. The molecule has 0 heterocycles. The summed E-state index contributed by atoms with van der Waals surface area (Å²) in [7, 11) is 0. The maximum atomic E-state index is 12.5. The van der Waals surface area contributed by atoms with Crippen LogP contribution in [0.4, 0.5) is 10.5 Å². The van der Waals surface area contributed by atoms with Crippen LogP contribution >= 0.6 is 12.2 Å². The quantitative estimate of drug-likeness (QED) is 0.341. The van der Waals surface area contributed by atoms with Gasteiger partial charge >= 0.3 is 6.09 Å². The summed E-state index contributed by atoms with van der Waals surface area (Å²) in [6.07, 6.45) is -0.476. The molecule has 5 nitrogen and oxygen atoms in total. The SMILES string of the molecule is CCOC(=O)N[C@@H](c1ccccc1)[C@@H](NC(=S)Nc1ccccc1C(C)(C)C)c1ccccc1. The Bertz CT molecular complexity index is 1080. The monoisotopic (exact) mass is 475 g/mol. The van der Waals surface area contributed by atoms with Crippen molar-refractivity contribution >= 4 is 29.1 Å². The first kappa shape index (κ1) is 25.2. The van der Waals surface area contributed by atoms with Crippen LogP contribution in [0.15, 0.2) is 84.9 Å². The van der Waals surface area contributed by atoms with E-state index in [4.69, 9.17) is 17.0 Å². The van der Waals surface area contributed by atoms with E-state index < -0.39 is 12.1 Å². The van der Waals surface area contributed by atoms with Crippen molar-refractivity contribution in [1.82, 2.24) is 10.6 Å². The van der Waals surface area contributed by atoms with Gasteiger partial charge in [0, 0.05) is 5.69 Å². The minimum Gasteiger partial charge on any atom is -0.450 e. The molecule has 0 fully saturated rings. The van der Waals surface area contributed by atoms with Crippen molar-refractivity contribution in [3.05, 3.63) is 102 Å². The number of ether oxygens (including phenoxy) is 1. The van der Waals surface area contributed by atoms with Gasteiger partial charge in [-0.05, 0) is 47.3 Å². The highest BCUT2D eigenvalue weighted by Gasteiger charge is 2.28. The molecule has 34 heavy (non-hydrogen) atoms. The van der Waals surface area contributed by atoms with Gasteiger partial charge in [-0.1, -0.05) is 99.6 Å². The zero-order chi connectivity index (χ0) is 24.6. The van der Waals surface area contributed by atoms with E-state index in [0.29, 0.717) is 11.7 Å². The summed E-state index contributed by atoms with van der Waals surface area (Å²) in [6, 6.07) is 27.2. The third-order valence-corrected chi connectivity index (χ3v) is 5.69. The average molecular weight is 476 g/mol. The van der Waals surface area contributed by atoms with Crippen LogP contribution in [-0.4, -0.2) is 17.8 Å². The Morgan fingerprint density at radius 3 is 1.85 bits per heavy atom. The first-order valence-corrected chi connectivity index (χ1v) is 11.9. The molecule has 3 N–H and O–H groups in total. The number of rotatable bonds is 7. The maximum absolute atomic E-state index is 12.5. The number of alkyl carbamates (subject to hydrolysis) is 1. The Balaban J connectivity index is 1.94. The largest absolute Gasteiger partial charge is 0.450 e. The fourth-order valence-electron chi connectivity index (χ4n) is 3.88. The van der Waals surface area contributed by atoms with Gasteiger partial charge in [0.1, 0.15) is 0 Å². The van der Waals surface area contributed by atoms with Crippen LogP contribution in [0.25, 0.3) is 0 Å². The summed E-state index contributed by atoms with van der Waals surface area (Å²) in [5.41, 5.74) is 4.00. The van der Waals surface area contributed by atoms with E-state index in [2.05, 4.69) is 42.8 Å². The lowest BCUT2D eigenvalue weighted by molar-refractivity contribution is 0.145. The average Bonchev–Trinajstić information content (AvgIpc) is 2.82. The molecule has 0 aliphatic rings. The van der Waals surface area contributed by atoms with E-state index in [1.165, 1.54) is 5.56 Å². The van der Waals surface area contributed by atoms with E-state index in [1.807, 2.05) is 78.9 Å². The molecule has 0 aliphatic carbocycles. The fourth-order valence-corrected chi connectivity index (χ4v) is 4.12. The van der Waals surface area contributed by atoms with Crippen LogP contribution in [0.3, 0.4) is 0 Å². The van der Waals surface area contributed by atoms with Gasteiger partial charge in [-0.25, -0.2) is 4.79 Å². The Hall–Kier alpha value is -3.38. The van der Waals surface area contributed by atoms with E-state index in [9.17, 15) is 4.79 Å². The van der Waals surface area contributed by atoms with E-state index in [1.54, 1.807) is 6.92 Å². The second-order valence-electron chi connectivity index (χ2n) is 9.04. The lowest BCUT2D eigenvalue weighted by atomic mass is 9.86. The lowest BCUT2D eigenvalue weighted by Crippen LogP contribution is -2.42. The Kier molecular flexibility index (Phi) is 8.66. The number of amides is 1. The predicted octanol–water partition coefficient (Wildman–Crippen LogP) is 6.50. The van der Waals surface area contributed by atoms with Crippen LogP contribution in [0.2, 0.25) is 0 Å². The number of anilines is 1. The fraction of sp³-hybridized carbons (Fsp3) is 0.286. The Morgan fingerprint density at radius 2 is 1.32 bits per heavy atom. The molecule has 3 aromatic carbocycles. The number of hydrogen-bond donors (Lipinski definition) is 3. The van der Waals surface area contributed by atoms with Crippen molar-refractivity contribution < 1.29 is 9.53 Å². The van der Waals surface area contributed by atoms with E-state index in [-0.39, 0.29) is 11.5 Å². The van der Waals surface area contributed by atoms with Gasteiger partial charge in [-0.3, -0.25) is 0 Å². The molecule has 0 saturated heterocycles. The first-order valence-electron chi connectivity index (χ1n) is 11.5. The normalized spacial score (nSPS) is 12.8. The van der Waals surface area contributed by atoms with Crippen molar-refractivity contribution in [3.8, 4) is 0 Å². The van der Waals surface area contributed by atoms with Gasteiger partial charge in [0.05, 0.1) is 18.7 Å². The Labute approximate surface area is 207 Å². The molecule has 178 valence electrons. The summed E-state index contributed by atoms with van der Waals surface area (Å²) in [5.74, 6) is 0. The standard InChI is InChI=1S/C28H33N3O2S/c1-5-33-27(32)31-25(21-16-10-7-11-17-21)24(20-14-8-6-9-15-20)30-26(34)29-23-19-13-12-18-22(23)28(2,3)4/h6-19,24-25H,5H2,1-4H3,(H,31,32)(H2,29,30,34)/t24-,25-/m0/s1. The number of carbonyl (C=O) groups excluding carboxylic acids is 1. The molecule has 0 radical (unpaired) electrons. The second kappa shape index (κ2) is 11.7.